The van der Waals surface area contributed by atoms with E-state index in [0.717, 1.165) is 12.1 Å². The zero-order valence-corrected chi connectivity index (χ0v) is 15.6. The number of ether oxygens (including phenoxy) is 1. The second kappa shape index (κ2) is 8.44. The Bertz CT molecular complexity index is 943. The SMILES string of the molecule is O=C(OCC(=O)N1CCN(S(=O)(=O)c2ccc(F)cc2)CC1)c1ccncc1. The van der Waals surface area contributed by atoms with Crippen LogP contribution in [0.25, 0.3) is 0 Å². The van der Waals surface area contributed by atoms with E-state index in [1.807, 2.05) is 0 Å². The molecule has 0 N–H and O–H groups in total. The maximum atomic E-state index is 13.0. The van der Waals surface area contributed by atoms with Gasteiger partial charge in [0.2, 0.25) is 10.0 Å². The first kappa shape index (κ1) is 19.9. The van der Waals surface area contributed by atoms with Crippen LogP contribution in [0.1, 0.15) is 10.4 Å². The van der Waals surface area contributed by atoms with Crippen LogP contribution in [-0.4, -0.2) is 67.3 Å². The van der Waals surface area contributed by atoms with Gasteiger partial charge in [0, 0.05) is 38.6 Å². The summed E-state index contributed by atoms with van der Waals surface area (Å²) in [6.07, 6.45) is 2.89. The summed E-state index contributed by atoms with van der Waals surface area (Å²) >= 11 is 0. The highest BCUT2D eigenvalue weighted by molar-refractivity contribution is 7.89. The smallest absolute Gasteiger partial charge is 0.338 e. The van der Waals surface area contributed by atoms with Crippen LogP contribution in [0.2, 0.25) is 0 Å². The third-order valence-corrected chi connectivity index (χ3v) is 6.20. The Morgan fingerprint density at radius 1 is 1.00 bits per heavy atom. The predicted octanol–water partition coefficient (Wildman–Crippen LogP) is 0.911. The number of carbonyl (C=O) groups is 2. The number of halogens is 1. The monoisotopic (exact) mass is 407 g/mol. The summed E-state index contributed by atoms with van der Waals surface area (Å²) < 4.78 is 44.4. The largest absolute Gasteiger partial charge is 0.452 e. The van der Waals surface area contributed by atoms with E-state index in [1.165, 1.54) is 45.9 Å². The van der Waals surface area contributed by atoms with Crippen LogP contribution in [0.15, 0.2) is 53.7 Å². The number of benzene rings is 1. The highest BCUT2D eigenvalue weighted by Gasteiger charge is 2.30. The Hall–Kier alpha value is -2.85. The van der Waals surface area contributed by atoms with Gasteiger partial charge in [-0.1, -0.05) is 0 Å². The highest BCUT2D eigenvalue weighted by atomic mass is 32.2. The summed E-state index contributed by atoms with van der Waals surface area (Å²) in [7, 11) is -3.75. The molecular weight excluding hydrogens is 389 g/mol. The molecule has 10 heteroatoms. The van der Waals surface area contributed by atoms with Crippen LogP contribution in [0.3, 0.4) is 0 Å². The molecule has 2 heterocycles. The lowest BCUT2D eigenvalue weighted by atomic mass is 10.3. The van der Waals surface area contributed by atoms with Crippen molar-refractivity contribution in [3.05, 3.63) is 60.2 Å². The van der Waals surface area contributed by atoms with Gasteiger partial charge in [0.05, 0.1) is 10.5 Å². The third kappa shape index (κ3) is 4.52. The van der Waals surface area contributed by atoms with Gasteiger partial charge in [0.25, 0.3) is 5.91 Å². The molecule has 1 aliphatic heterocycles. The number of pyridine rings is 1. The van der Waals surface area contributed by atoms with E-state index in [0.29, 0.717) is 0 Å². The molecule has 1 aromatic heterocycles. The number of hydrogen-bond donors (Lipinski definition) is 0. The van der Waals surface area contributed by atoms with E-state index in [9.17, 15) is 22.4 Å². The zero-order chi connectivity index (χ0) is 20.1. The molecule has 2 aromatic rings. The van der Waals surface area contributed by atoms with Gasteiger partial charge in [-0.3, -0.25) is 9.78 Å². The van der Waals surface area contributed by atoms with E-state index in [2.05, 4.69) is 4.98 Å². The van der Waals surface area contributed by atoms with Crippen molar-refractivity contribution < 1.29 is 27.1 Å². The Labute approximate surface area is 161 Å². The van der Waals surface area contributed by atoms with Crippen molar-refractivity contribution >= 4 is 21.9 Å². The molecule has 0 saturated carbocycles. The fourth-order valence-corrected chi connectivity index (χ4v) is 4.15. The molecule has 1 aromatic carbocycles. The van der Waals surface area contributed by atoms with Crippen molar-refractivity contribution in [1.82, 2.24) is 14.2 Å². The molecule has 0 unspecified atom stereocenters. The molecule has 3 rings (SSSR count). The number of nitrogens with zero attached hydrogens (tertiary/aromatic N) is 3. The van der Waals surface area contributed by atoms with Gasteiger partial charge in [-0.05, 0) is 36.4 Å². The first-order valence-corrected chi connectivity index (χ1v) is 9.92. The molecule has 1 fully saturated rings. The molecular formula is C18H18FN3O5S. The lowest BCUT2D eigenvalue weighted by Crippen LogP contribution is -2.51. The van der Waals surface area contributed by atoms with E-state index in [-0.39, 0.29) is 36.6 Å². The maximum absolute atomic E-state index is 13.0. The van der Waals surface area contributed by atoms with Crippen LogP contribution in [0.5, 0.6) is 0 Å². The Kier molecular flexibility index (Phi) is 6.00. The van der Waals surface area contributed by atoms with Gasteiger partial charge in [-0.2, -0.15) is 4.31 Å². The Balaban J connectivity index is 1.52. The van der Waals surface area contributed by atoms with Crippen LogP contribution in [0.4, 0.5) is 4.39 Å². The fourth-order valence-electron chi connectivity index (χ4n) is 2.72. The normalized spacial score (nSPS) is 15.2. The second-order valence-electron chi connectivity index (χ2n) is 6.05. The van der Waals surface area contributed by atoms with Crippen molar-refractivity contribution in [2.75, 3.05) is 32.8 Å². The van der Waals surface area contributed by atoms with Crippen molar-refractivity contribution in [2.45, 2.75) is 4.90 Å². The van der Waals surface area contributed by atoms with Gasteiger partial charge in [0.15, 0.2) is 6.61 Å². The van der Waals surface area contributed by atoms with Crippen LogP contribution in [0, 0.1) is 5.82 Å². The minimum atomic E-state index is -3.75. The van der Waals surface area contributed by atoms with Crippen molar-refractivity contribution in [3.8, 4) is 0 Å². The number of esters is 1. The number of hydrogen-bond acceptors (Lipinski definition) is 6. The van der Waals surface area contributed by atoms with Gasteiger partial charge in [0.1, 0.15) is 5.82 Å². The molecule has 0 radical (unpaired) electrons. The number of piperazine rings is 1. The fraction of sp³-hybridized carbons (Fsp3) is 0.278. The van der Waals surface area contributed by atoms with Crippen molar-refractivity contribution in [2.24, 2.45) is 0 Å². The summed E-state index contributed by atoms with van der Waals surface area (Å²) in [4.78, 5) is 29.3. The number of sulfonamides is 1. The Morgan fingerprint density at radius 3 is 2.21 bits per heavy atom. The standard InChI is InChI=1S/C18H18FN3O5S/c19-15-1-3-16(4-2-15)28(25,26)22-11-9-21(10-12-22)17(23)13-27-18(24)14-5-7-20-8-6-14/h1-8H,9-13H2. The molecule has 0 aliphatic carbocycles. The van der Waals surface area contributed by atoms with E-state index >= 15 is 0 Å². The second-order valence-corrected chi connectivity index (χ2v) is 7.99. The van der Waals surface area contributed by atoms with Gasteiger partial charge < -0.3 is 9.64 Å². The van der Waals surface area contributed by atoms with Crippen LogP contribution >= 0.6 is 0 Å². The molecule has 1 saturated heterocycles. The van der Waals surface area contributed by atoms with Crippen LogP contribution in [-0.2, 0) is 19.6 Å². The van der Waals surface area contributed by atoms with E-state index in [1.54, 1.807) is 0 Å². The third-order valence-electron chi connectivity index (χ3n) is 4.29. The molecule has 8 nitrogen and oxygen atoms in total. The quantitative estimate of drug-likeness (QED) is 0.684. The minimum Gasteiger partial charge on any atom is -0.452 e. The summed E-state index contributed by atoms with van der Waals surface area (Å²) in [6, 6.07) is 7.55. The molecule has 1 aliphatic rings. The van der Waals surface area contributed by atoms with Gasteiger partial charge >= 0.3 is 5.97 Å². The summed E-state index contributed by atoms with van der Waals surface area (Å²) in [5.41, 5.74) is 0.290. The maximum Gasteiger partial charge on any atom is 0.338 e. The number of amides is 1. The summed E-state index contributed by atoms with van der Waals surface area (Å²) in [5.74, 6) is -1.55. The average Bonchev–Trinajstić information content (AvgIpc) is 2.73. The van der Waals surface area contributed by atoms with Gasteiger partial charge in [-0.25, -0.2) is 17.6 Å². The number of carbonyl (C=O) groups excluding carboxylic acids is 2. The zero-order valence-electron chi connectivity index (χ0n) is 14.8. The lowest BCUT2D eigenvalue weighted by molar-refractivity contribution is -0.135. The molecule has 1 amide bonds. The molecule has 0 atom stereocenters. The molecule has 148 valence electrons. The summed E-state index contributed by atoms with van der Waals surface area (Å²) in [5, 5.41) is 0. The topological polar surface area (TPSA) is 96.9 Å². The predicted molar refractivity (Wildman–Crippen MR) is 96.3 cm³/mol. The minimum absolute atomic E-state index is 0.0000394. The molecule has 0 spiro atoms. The number of rotatable bonds is 5. The van der Waals surface area contributed by atoms with E-state index < -0.39 is 34.3 Å². The lowest BCUT2D eigenvalue weighted by Gasteiger charge is -2.33. The van der Waals surface area contributed by atoms with Gasteiger partial charge in [-0.15, -0.1) is 0 Å². The molecule has 0 bridgehead atoms. The van der Waals surface area contributed by atoms with Crippen molar-refractivity contribution in [3.63, 3.8) is 0 Å². The molecule has 28 heavy (non-hydrogen) atoms. The first-order valence-electron chi connectivity index (χ1n) is 8.48. The first-order chi connectivity index (χ1) is 13.4. The Morgan fingerprint density at radius 2 is 1.61 bits per heavy atom. The number of aromatic nitrogens is 1. The van der Waals surface area contributed by atoms with Crippen molar-refractivity contribution in [1.29, 1.82) is 0 Å². The summed E-state index contributed by atoms with van der Waals surface area (Å²) in [6.45, 7) is 0.123. The van der Waals surface area contributed by atoms with E-state index in [4.69, 9.17) is 4.74 Å². The van der Waals surface area contributed by atoms with Crippen LogP contribution < -0.4 is 0 Å². The average molecular weight is 407 g/mol. The highest BCUT2D eigenvalue weighted by Crippen LogP contribution is 2.18.